The number of hydrogen-bond acceptors (Lipinski definition) is 11. The summed E-state index contributed by atoms with van der Waals surface area (Å²) in [6.07, 6.45) is 4.72. The summed E-state index contributed by atoms with van der Waals surface area (Å²) in [5.74, 6) is 0.286. The molecular formula is C43H44N6O7. The third kappa shape index (κ3) is 6.74. The zero-order valence-corrected chi connectivity index (χ0v) is 31.5. The molecule has 4 amide bonds. The second-order valence-electron chi connectivity index (χ2n) is 16.2. The Bertz CT molecular complexity index is 2190. The molecule has 13 heteroatoms. The van der Waals surface area contributed by atoms with Gasteiger partial charge in [0.05, 0.1) is 23.4 Å². The number of rotatable bonds is 11. The summed E-state index contributed by atoms with van der Waals surface area (Å²) in [5.41, 5.74) is 4.44. The Morgan fingerprint density at radius 2 is 1.62 bits per heavy atom. The highest BCUT2D eigenvalue weighted by Gasteiger charge is 2.47. The normalized spacial score (nSPS) is 22.7. The summed E-state index contributed by atoms with van der Waals surface area (Å²) in [6.45, 7) is 8.33. The molecule has 4 aromatic rings. The quantitative estimate of drug-likeness (QED) is 0.198. The van der Waals surface area contributed by atoms with E-state index >= 15 is 0 Å². The number of fused-ring (bicyclic) bond motifs is 1. The van der Waals surface area contributed by atoms with Gasteiger partial charge in [-0.25, -0.2) is 9.97 Å². The number of carbonyl (C=O) groups excluding carboxylic acids is 4. The molecule has 1 aromatic heterocycles. The molecular weight excluding hydrogens is 713 g/mol. The van der Waals surface area contributed by atoms with Crippen LogP contribution >= 0.6 is 0 Å². The number of piperidine rings is 1. The van der Waals surface area contributed by atoms with Gasteiger partial charge in [0.2, 0.25) is 17.8 Å². The van der Waals surface area contributed by atoms with E-state index in [1.165, 1.54) is 5.56 Å². The minimum atomic E-state index is -0.986. The Morgan fingerprint density at radius 3 is 2.32 bits per heavy atom. The lowest BCUT2D eigenvalue weighted by Crippen LogP contribution is -2.57. The molecule has 5 heterocycles. The highest BCUT2D eigenvalue weighted by molar-refractivity contribution is 6.23. The topological polar surface area (TPSA) is 152 Å². The summed E-state index contributed by atoms with van der Waals surface area (Å²) < 4.78 is 18.0. The molecule has 0 radical (unpaired) electrons. The number of carbonyl (C=O) groups is 4. The van der Waals surface area contributed by atoms with E-state index in [0.29, 0.717) is 6.61 Å². The molecule has 0 bridgehead atoms. The van der Waals surface area contributed by atoms with Crippen LogP contribution in [0.3, 0.4) is 0 Å². The first kappa shape index (κ1) is 35.9. The molecule has 1 spiro atoms. The first-order valence-electron chi connectivity index (χ1n) is 19.3. The number of aromatic nitrogens is 2. The average molecular weight is 757 g/mol. The maximum absolute atomic E-state index is 13.2. The largest absolute Gasteiger partial charge is 0.490 e. The van der Waals surface area contributed by atoms with Gasteiger partial charge in [0.15, 0.2) is 0 Å². The van der Waals surface area contributed by atoms with Gasteiger partial charge in [-0.15, -0.1) is 0 Å². The predicted octanol–water partition coefficient (Wildman–Crippen LogP) is 5.03. The van der Waals surface area contributed by atoms with Crippen LogP contribution in [0, 0.1) is 5.41 Å². The van der Waals surface area contributed by atoms with Gasteiger partial charge in [-0.3, -0.25) is 29.4 Å². The molecule has 2 N–H and O–H groups in total. The third-order valence-corrected chi connectivity index (χ3v) is 12.0. The van der Waals surface area contributed by atoms with Crippen molar-refractivity contribution in [2.75, 3.05) is 36.5 Å². The third-order valence-electron chi connectivity index (χ3n) is 12.0. The molecule has 56 heavy (non-hydrogen) atoms. The number of benzene rings is 3. The Kier molecular flexibility index (Phi) is 8.99. The minimum absolute atomic E-state index is 0.0448. The fourth-order valence-electron chi connectivity index (χ4n) is 8.43. The second-order valence-corrected chi connectivity index (χ2v) is 16.2. The van der Waals surface area contributed by atoms with Crippen molar-refractivity contribution in [3.63, 3.8) is 0 Å². The fraction of sp³-hybridized carbons (Fsp3) is 0.395. The van der Waals surface area contributed by atoms with Crippen molar-refractivity contribution in [3.8, 4) is 11.5 Å². The van der Waals surface area contributed by atoms with Crippen LogP contribution in [0.5, 0.6) is 11.5 Å². The lowest BCUT2D eigenvalue weighted by atomic mass is 9.78. The van der Waals surface area contributed by atoms with Crippen LogP contribution in [0.25, 0.3) is 0 Å². The second kappa shape index (κ2) is 14.0. The first-order valence-corrected chi connectivity index (χ1v) is 19.3. The summed E-state index contributed by atoms with van der Waals surface area (Å²) in [4.78, 5) is 62.6. The van der Waals surface area contributed by atoms with Crippen molar-refractivity contribution in [1.29, 1.82) is 0 Å². The van der Waals surface area contributed by atoms with Gasteiger partial charge in [0.1, 0.15) is 30.3 Å². The number of anilines is 2. The zero-order valence-electron chi connectivity index (χ0n) is 31.5. The van der Waals surface area contributed by atoms with Gasteiger partial charge in [-0.2, -0.15) is 0 Å². The van der Waals surface area contributed by atoms with Crippen molar-refractivity contribution in [1.82, 2.24) is 20.2 Å². The molecule has 288 valence electrons. The molecule has 1 aliphatic carbocycles. The van der Waals surface area contributed by atoms with Crippen molar-refractivity contribution >= 4 is 35.3 Å². The van der Waals surface area contributed by atoms with Crippen LogP contribution in [0.4, 0.5) is 11.6 Å². The summed E-state index contributed by atoms with van der Waals surface area (Å²) in [6, 6.07) is 22.6. The van der Waals surface area contributed by atoms with Gasteiger partial charge in [0, 0.05) is 67.7 Å². The molecule has 1 saturated carbocycles. The number of nitrogens with zero attached hydrogens (tertiary/aromatic N) is 4. The Balaban J connectivity index is 0.746. The van der Waals surface area contributed by atoms with E-state index in [2.05, 4.69) is 58.6 Å². The van der Waals surface area contributed by atoms with E-state index in [1.54, 1.807) is 24.4 Å². The number of hydrogen-bond donors (Lipinski definition) is 2. The molecule has 13 nitrogen and oxygen atoms in total. The Labute approximate surface area is 324 Å². The molecule has 1 unspecified atom stereocenters. The van der Waals surface area contributed by atoms with Crippen molar-refractivity contribution in [2.45, 2.75) is 76.2 Å². The SMILES string of the molecule is CC(C)(c1ccc(OCc2ccnc(N3CC4(CCOC4)C3)n2)cc1)c1ccc(OC2CC(Nc3ccc4c(c3)C(=O)N(C3CCC(=O)NC3=O)C4=O)C2)cc1. The molecule has 1 atom stereocenters. The molecule has 3 saturated heterocycles. The molecule has 9 rings (SSSR count). The van der Waals surface area contributed by atoms with E-state index < -0.39 is 29.7 Å². The maximum atomic E-state index is 13.2. The monoisotopic (exact) mass is 756 g/mol. The van der Waals surface area contributed by atoms with Crippen molar-refractivity contribution in [2.24, 2.45) is 5.41 Å². The van der Waals surface area contributed by atoms with Crippen LogP contribution in [-0.4, -0.2) is 83.0 Å². The van der Waals surface area contributed by atoms with E-state index in [1.807, 2.05) is 30.3 Å². The minimum Gasteiger partial charge on any atom is -0.490 e. The summed E-state index contributed by atoms with van der Waals surface area (Å²) in [5, 5.41) is 5.67. The van der Waals surface area contributed by atoms with Gasteiger partial charge in [-0.1, -0.05) is 38.1 Å². The van der Waals surface area contributed by atoms with Crippen LogP contribution < -0.4 is 25.0 Å². The Hall–Kier alpha value is -5.82. The van der Waals surface area contributed by atoms with E-state index in [4.69, 9.17) is 19.2 Å². The number of amides is 4. The molecule has 3 aromatic carbocycles. The van der Waals surface area contributed by atoms with Gasteiger partial charge < -0.3 is 24.4 Å². The van der Waals surface area contributed by atoms with Crippen LogP contribution in [0.15, 0.2) is 79.0 Å². The number of ether oxygens (including phenoxy) is 3. The van der Waals surface area contributed by atoms with E-state index in [0.717, 1.165) is 84.9 Å². The van der Waals surface area contributed by atoms with Crippen LogP contribution in [0.2, 0.25) is 0 Å². The van der Waals surface area contributed by atoms with Crippen LogP contribution in [-0.2, 0) is 26.3 Å². The highest BCUT2D eigenvalue weighted by Crippen LogP contribution is 2.40. The van der Waals surface area contributed by atoms with Crippen LogP contribution in [0.1, 0.15) is 83.5 Å². The smallest absolute Gasteiger partial charge is 0.262 e. The first-order chi connectivity index (χ1) is 27.0. The lowest BCUT2D eigenvalue weighted by Gasteiger charge is -2.47. The van der Waals surface area contributed by atoms with E-state index in [9.17, 15) is 19.2 Å². The molecule has 5 aliphatic rings. The standard InChI is InChI=1S/C43H44N6O7/c1-42(2,26-3-8-31(9-4-26)55-22-29-15-17-44-41(46-29)48-23-43(24-48)16-18-54-25-43)27-5-10-32(11-6-27)56-33-19-30(20-33)45-28-7-12-34-35(21-28)40(53)49(39(34)52)36-13-14-37(50)47-38(36)51/h3-12,15,17,21,30,33,36,45H,13-14,16,18-20,22-25H2,1-2H3,(H,47,50,51). The number of imide groups is 2. The fourth-order valence-corrected chi connectivity index (χ4v) is 8.43. The highest BCUT2D eigenvalue weighted by atomic mass is 16.5. The van der Waals surface area contributed by atoms with Crippen molar-refractivity contribution < 1.29 is 33.4 Å². The van der Waals surface area contributed by atoms with E-state index in [-0.39, 0.29) is 46.9 Å². The maximum Gasteiger partial charge on any atom is 0.262 e. The zero-order chi connectivity index (χ0) is 38.6. The number of nitrogens with one attached hydrogen (secondary N) is 2. The molecule has 4 fully saturated rings. The van der Waals surface area contributed by atoms with Gasteiger partial charge in [-0.05, 0) is 72.5 Å². The summed E-state index contributed by atoms with van der Waals surface area (Å²) in [7, 11) is 0. The Morgan fingerprint density at radius 1 is 0.911 bits per heavy atom. The average Bonchev–Trinajstić information content (AvgIpc) is 3.76. The summed E-state index contributed by atoms with van der Waals surface area (Å²) >= 11 is 0. The van der Waals surface area contributed by atoms with Crippen molar-refractivity contribution in [3.05, 3.63) is 107 Å². The molecule has 4 aliphatic heterocycles. The lowest BCUT2D eigenvalue weighted by molar-refractivity contribution is -0.136. The van der Waals surface area contributed by atoms with Gasteiger partial charge in [0.25, 0.3) is 11.8 Å². The predicted molar refractivity (Wildman–Crippen MR) is 206 cm³/mol. The van der Waals surface area contributed by atoms with Gasteiger partial charge >= 0.3 is 0 Å².